The van der Waals surface area contributed by atoms with Gasteiger partial charge in [-0.05, 0) is 0 Å². The van der Waals surface area contributed by atoms with Crippen LogP contribution in [-0.2, 0) is 21.4 Å². The van der Waals surface area contributed by atoms with E-state index in [1.807, 2.05) is 3.33 Å². The Labute approximate surface area is 144 Å². The van der Waals surface area contributed by atoms with Crippen molar-refractivity contribution in [1.29, 1.82) is 0 Å². The minimum atomic E-state index is -1.41. The van der Waals surface area contributed by atoms with E-state index < -0.39 is 37.6 Å². The third-order valence-corrected chi connectivity index (χ3v) is 27.9. The molecule has 0 spiro atoms. The molecule has 0 aromatic heterocycles. The summed E-state index contributed by atoms with van der Waals surface area (Å²) in [6.07, 6.45) is 0. The van der Waals surface area contributed by atoms with E-state index in [1.54, 1.807) is 24.3 Å². The zero-order valence-electron chi connectivity index (χ0n) is 16.5. The van der Waals surface area contributed by atoms with Gasteiger partial charge in [0.2, 0.25) is 0 Å². The van der Waals surface area contributed by atoms with E-state index in [0.717, 1.165) is 0 Å². The Morgan fingerprint density at radius 3 is 1.38 bits per heavy atom. The average Bonchev–Trinajstić information content (AvgIpc) is 2.34. The molecule has 0 amide bonds. The Balaban J connectivity index is 3.28. The Hall–Kier alpha value is 0.784. The van der Waals surface area contributed by atoms with Crippen molar-refractivity contribution >= 4 is 16.1 Å². The fourth-order valence-electron chi connectivity index (χ4n) is 4.19. The van der Waals surface area contributed by atoms with Crippen LogP contribution in [-0.4, -0.2) is 16.1 Å². The molecule has 0 saturated heterocycles. The summed E-state index contributed by atoms with van der Waals surface area (Å²) < 4.78 is 5.25. The first-order chi connectivity index (χ1) is 9.17. The Bertz CT molecular complexity index is 454. The molecular formula is C18H37ScSi2. The maximum absolute atomic E-state index is 2.58. The van der Waals surface area contributed by atoms with E-state index in [4.69, 9.17) is 0 Å². The summed E-state index contributed by atoms with van der Waals surface area (Å²) in [6.45, 7) is 27.7. The Morgan fingerprint density at radius 1 is 0.762 bits per heavy atom. The van der Waals surface area contributed by atoms with Crippen LogP contribution < -0.4 is 0 Å². The zero-order valence-corrected chi connectivity index (χ0v) is 20.3. The number of allylic oxidation sites excluding steroid dienone is 4. The van der Waals surface area contributed by atoms with Crippen LogP contribution in [0, 0.1) is 5.41 Å². The van der Waals surface area contributed by atoms with Crippen molar-refractivity contribution in [3.63, 3.8) is 0 Å². The van der Waals surface area contributed by atoms with Crippen molar-refractivity contribution in [2.24, 2.45) is 5.41 Å². The fraction of sp³-hybridized carbons (Fsp3) is 0.778. The second kappa shape index (κ2) is 6.35. The van der Waals surface area contributed by atoms with Crippen LogP contribution in [0.4, 0.5) is 0 Å². The van der Waals surface area contributed by atoms with Gasteiger partial charge in [0.05, 0.1) is 0 Å². The van der Waals surface area contributed by atoms with Crippen molar-refractivity contribution in [3.8, 4) is 0 Å². The van der Waals surface area contributed by atoms with Crippen molar-refractivity contribution < 1.29 is 21.4 Å². The van der Waals surface area contributed by atoms with E-state index in [-0.39, 0.29) is 0 Å². The van der Waals surface area contributed by atoms with Gasteiger partial charge in [0, 0.05) is 0 Å². The molecule has 0 fully saturated rings. The molecule has 3 heteroatoms. The van der Waals surface area contributed by atoms with Crippen LogP contribution >= 0.6 is 0 Å². The van der Waals surface area contributed by atoms with Crippen molar-refractivity contribution in [2.75, 3.05) is 0 Å². The van der Waals surface area contributed by atoms with Gasteiger partial charge < -0.3 is 0 Å². The van der Waals surface area contributed by atoms with Crippen molar-refractivity contribution in [3.05, 3.63) is 20.0 Å². The van der Waals surface area contributed by atoms with Crippen molar-refractivity contribution in [1.82, 2.24) is 0 Å². The van der Waals surface area contributed by atoms with E-state index in [0.29, 0.717) is 5.41 Å². The summed E-state index contributed by atoms with van der Waals surface area (Å²) in [5, 5.41) is 0. The summed E-state index contributed by atoms with van der Waals surface area (Å²) in [6, 6.07) is 0. The van der Waals surface area contributed by atoms with E-state index in [2.05, 4.69) is 73.9 Å². The van der Waals surface area contributed by atoms with Gasteiger partial charge in [0.15, 0.2) is 0 Å². The van der Waals surface area contributed by atoms with Crippen molar-refractivity contribution in [2.45, 2.75) is 81.5 Å². The second-order valence-corrected chi connectivity index (χ2v) is 28.1. The molecule has 0 bridgehead atoms. The molecule has 120 valence electrons. The van der Waals surface area contributed by atoms with Gasteiger partial charge in [-0.25, -0.2) is 0 Å². The second-order valence-electron chi connectivity index (χ2n) is 10.1. The number of hydrogen-bond acceptors (Lipinski definition) is 0. The molecule has 0 N–H and O–H groups in total. The third-order valence-electron chi connectivity index (χ3n) is 5.27. The van der Waals surface area contributed by atoms with Gasteiger partial charge in [-0.15, -0.1) is 0 Å². The van der Waals surface area contributed by atoms with Gasteiger partial charge >= 0.3 is 145 Å². The summed E-state index contributed by atoms with van der Waals surface area (Å²) in [4.78, 5) is 0. The molecule has 0 radical (unpaired) electrons. The molecule has 1 aliphatic rings. The van der Waals surface area contributed by atoms with Gasteiger partial charge in [-0.1, -0.05) is 0 Å². The molecule has 0 atom stereocenters. The van der Waals surface area contributed by atoms with Crippen LogP contribution in [0.2, 0.25) is 46.9 Å². The van der Waals surface area contributed by atoms with Gasteiger partial charge in [-0.3, -0.25) is 0 Å². The van der Waals surface area contributed by atoms with Crippen LogP contribution in [0.25, 0.3) is 0 Å². The molecule has 1 rings (SSSR count). The van der Waals surface area contributed by atoms with Crippen LogP contribution in [0.5, 0.6) is 0 Å². The molecule has 0 aromatic rings. The quantitative estimate of drug-likeness (QED) is 0.474. The van der Waals surface area contributed by atoms with Crippen LogP contribution in [0.3, 0.4) is 0 Å². The Kier molecular flexibility index (Phi) is 6.00. The zero-order chi connectivity index (χ0) is 16.8. The van der Waals surface area contributed by atoms with Gasteiger partial charge in [-0.2, -0.15) is 0 Å². The molecule has 0 unspecified atom stereocenters. The van der Waals surface area contributed by atoms with E-state index >= 15 is 0 Å². The molecule has 0 aromatic carbocycles. The minimum absolute atomic E-state index is 0.359. The van der Waals surface area contributed by atoms with Gasteiger partial charge in [0.1, 0.15) is 0 Å². The predicted octanol–water partition coefficient (Wildman–Crippen LogP) is 6.85. The van der Waals surface area contributed by atoms with Crippen LogP contribution in [0.15, 0.2) is 20.0 Å². The molecule has 1 aliphatic carbocycles. The molecular weight excluding hydrogens is 317 g/mol. The van der Waals surface area contributed by atoms with E-state index in [1.165, 1.54) is 0 Å². The summed E-state index contributed by atoms with van der Waals surface area (Å²) in [7, 11) is -1.94. The first-order valence-electron chi connectivity index (χ1n) is 8.56. The first-order valence-corrected chi connectivity index (χ1v) is 19.4. The topological polar surface area (TPSA) is 0 Å². The number of rotatable bonds is 5. The summed E-state index contributed by atoms with van der Waals surface area (Å²) >= 11 is -1.41. The molecule has 0 heterocycles. The molecule has 0 saturated carbocycles. The first kappa shape index (κ1) is 19.8. The normalized spacial score (nSPS) is 19.6. The van der Waals surface area contributed by atoms with Crippen LogP contribution in [0.1, 0.15) is 34.6 Å². The monoisotopic (exact) mass is 354 g/mol. The third kappa shape index (κ3) is 4.88. The molecule has 21 heavy (non-hydrogen) atoms. The summed E-state index contributed by atoms with van der Waals surface area (Å²) in [5.74, 6) is 0. The molecule has 0 aliphatic heterocycles. The standard InChI is InChI=1S/C10H15.2C4H11Si.Sc/c1-7-6-10(4,5)9(3)8(7)2;2*1-5(2,3)4;/h1-5H3;2*1H2,2-4H3;. The maximum atomic E-state index is 2.58. The predicted molar refractivity (Wildman–Crippen MR) is 101 cm³/mol. The Morgan fingerprint density at radius 2 is 1.14 bits per heavy atom. The average molecular weight is 355 g/mol. The molecule has 0 nitrogen and oxygen atoms in total. The van der Waals surface area contributed by atoms with Gasteiger partial charge in [0.25, 0.3) is 0 Å². The summed E-state index contributed by atoms with van der Waals surface area (Å²) in [5.41, 5.74) is 5.31. The fourth-order valence-corrected chi connectivity index (χ4v) is 29.2. The van der Waals surface area contributed by atoms with E-state index in [9.17, 15) is 0 Å². The SMILES string of the molecule is CC1=C(C)C(C)(C)[C]([Sc]([CH2][Si](C)(C)C)[CH2][Si](C)(C)C)=C1C. The number of hydrogen-bond donors (Lipinski definition) is 0.